The van der Waals surface area contributed by atoms with Gasteiger partial charge in [-0.3, -0.25) is 4.79 Å². The molecule has 2 aromatic carbocycles. The summed E-state index contributed by atoms with van der Waals surface area (Å²) < 4.78 is 7.23. The number of carbonyl (C=O) groups is 2. The minimum atomic E-state index is -0.515. The Morgan fingerprint density at radius 1 is 1.00 bits per heavy atom. The molecule has 0 atom stereocenters. The Kier molecular flexibility index (Phi) is 6.02. The van der Waals surface area contributed by atoms with Crippen molar-refractivity contribution < 1.29 is 14.3 Å². The highest BCUT2D eigenvalue weighted by molar-refractivity contribution is 5.96. The van der Waals surface area contributed by atoms with Gasteiger partial charge in [-0.2, -0.15) is 0 Å². The van der Waals surface area contributed by atoms with Crippen LogP contribution in [-0.2, 0) is 9.53 Å². The molecule has 0 radical (unpaired) electrons. The van der Waals surface area contributed by atoms with Crippen molar-refractivity contribution in [2.75, 3.05) is 30.9 Å². The molecule has 3 aromatic rings. The Morgan fingerprint density at radius 2 is 1.66 bits per heavy atom. The first-order valence-electron chi connectivity index (χ1n) is 9.35. The minimum absolute atomic E-state index is 0.344. The molecular formula is C23H25N3O3. The van der Waals surface area contributed by atoms with Gasteiger partial charge >= 0.3 is 5.97 Å². The summed E-state index contributed by atoms with van der Waals surface area (Å²) in [6.45, 7) is 3.45. The fourth-order valence-electron chi connectivity index (χ4n) is 3.19. The number of amides is 1. The lowest BCUT2D eigenvalue weighted by Gasteiger charge is -2.13. The summed E-state index contributed by atoms with van der Waals surface area (Å²) >= 11 is 0. The van der Waals surface area contributed by atoms with Crippen LogP contribution in [-0.4, -0.2) is 37.1 Å². The van der Waals surface area contributed by atoms with Crippen molar-refractivity contribution in [1.82, 2.24) is 4.57 Å². The first-order valence-corrected chi connectivity index (χ1v) is 9.35. The van der Waals surface area contributed by atoms with Crippen LogP contribution >= 0.6 is 0 Å². The first-order chi connectivity index (χ1) is 13.9. The number of rotatable bonds is 6. The molecule has 1 heterocycles. The second-order valence-corrected chi connectivity index (χ2v) is 7.02. The van der Waals surface area contributed by atoms with Gasteiger partial charge in [-0.05, 0) is 56.3 Å². The molecule has 29 heavy (non-hydrogen) atoms. The Hall–Kier alpha value is -3.54. The number of aromatic nitrogens is 1. The van der Waals surface area contributed by atoms with E-state index in [1.54, 1.807) is 6.07 Å². The van der Waals surface area contributed by atoms with Crippen LogP contribution in [0.1, 0.15) is 21.7 Å². The number of anilines is 2. The summed E-state index contributed by atoms with van der Waals surface area (Å²) in [4.78, 5) is 26.6. The maximum Gasteiger partial charge on any atom is 0.340 e. The van der Waals surface area contributed by atoms with Gasteiger partial charge in [0.15, 0.2) is 6.61 Å². The highest BCUT2D eigenvalue weighted by Crippen LogP contribution is 2.21. The number of para-hydroxylation sites is 1. The van der Waals surface area contributed by atoms with E-state index < -0.39 is 5.97 Å². The number of esters is 1. The summed E-state index contributed by atoms with van der Waals surface area (Å²) in [7, 11) is 3.89. The van der Waals surface area contributed by atoms with Crippen molar-refractivity contribution in [3.05, 3.63) is 77.6 Å². The van der Waals surface area contributed by atoms with E-state index in [0.717, 1.165) is 22.8 Å². The lowest BCUT2D eigenvalue weighted by Crippen LogP contribution is -2.21. The molecule has 3 rings (SSSR count). The molecule has 0 aliphatic rings. The summed E-state index contributed by atoms with van der Waals surface area (Å²) in [6, 6.07) is 19.0. The molecule has 0 unspecified atom stereocenters. The summed E-state index contributed by atoms with van der Waals surface area (Å²) in [5, 5.41) is 2.73. The van der Waals surface area contributed by atoms with Crippen molar-refractivity contribution in [1.29, 1.82) is 0 Å². The van der Waals surface area contributed by atoms with E-state index in [9.17, 15) is 9.59 Å². The Balaban J connectivity index is 1.63. The average Bonchev–Trinajstić information content (AvgIpc) is 3.01. The lowest BCUT2D eigenvalue weighted by molar-refractivity contribution is -0.119. The van der Waals surface area contributed by atoms with E-state index in [1.165, 1.54) is 0 Å². The van der Waals surface area contributed by atoms with Gasteiger partial charge in [-0.1, -0.05) is 18.2 Å². The molecule has 0 saturated carbocycles. The number of hydrogen-bond donors (Lipinski definition) is 1. The molecule has 150 valence electrons. The number of aryl methyl sites for hydroxylation is 1. The SMILES string of the molecule is Cc1cc(C(=O)OCC(=O)Nc2ccc(N(C)C)cc2)c(C)n1-c1ccccc1. The third kappa shape index (κ3) is 4.66. The molecule has 0 aliphatic carbocycles. The van der Waals surface area contributed by atoms with Crippen LogP contribution in [0.25, 0.3) is 5.69 Å². The zero-order valence-corrected chi connectivity index (χ0v) is 17.1. The van der Waals surface area contributed by atoms with Gasteiger partial charge in [-0.15, -0.1) is 0 Å². The maximum atomic E-state index is 12.5. The zero-order valence-electron chi connectivity index (χ0n) is 17.1. The number of nitrogens with one attached hydrogen (secondary N) is 1. The minimum Gasteiger partial charge on any atom is -0.452 e. The molecule has 6 heteroatoms. The molecule has 0 fully saturated rings. The van der Waals surface area contributed by atoms with Gasteiger partial charge in [0.05, 0.1) is 5.56 Å². The van der Waals surface area contributed by atoms with Crippen LogP contribution in [0.4, 0.5) is 11.4 Å². The van der Waals surface area contributed by atoms with Crippen LogP contribution in [0.2, 0.25) is 0 Å². The monoisotopic (exact) mass is 391 g/mol. The number of carbonyl (C=O) groups excluding carboxylic acids is 2. The van der Waals surface area contributed by atoms with Crippen LogP contribution in [0.3, 0.4) is 0 Å². The van der Waals surface area contributed by atoms with Crippen molar-refractivity contribution in [3.8, 4) is 5.69 Å². The highest BCUT2D eigenvalue weighted by atomic mass is 16.5. The number of ether oxygens (including phenoxy) is 1. The Bertz CT molecular complexity index is 1010. The molecule has 1 aromatic heterocycles. The Morgan fingerprint density at radius 3 is 2.28 bits per heavy atom. The molecule has 0 spiro atoms. The van der Waals surface area contributed by atoms with Crippen molar-refractivity contribution >= 4 is 23.3 Å². The van der Waals surface area contributed by atoms with Crippen LogP contribution in [0.15, 0.2) is 60.7 Å². The van der Waals surface area contributed by atoms with E-state index in [4.69, 9.17) is 4.74 Å². The fourth-order valence-corrected chi connectivity index (χ4v) is 3.19. The highest BCUT2D eigenvalue weighted by Gasteiger charge is 2.18. The summed E-state index contributed by atoms with van der Waals surface area (Å²) in [5.41, 5.74) is 4.81. The van der Waals surface area contributed by atoms with Gasteiger partial charge in [0.25, 0.3) is 5.91 Å². The molecular weight excluding hydrogens is 366 g/mol. The van der Waals surface area contributed by atoms with Gasteiger partial charge in [-0.25, -0.2) is 4.79 Å². The summed E-state index contributed by atoms with van der Waals surface area (Å²) in [5.74, 6) is -0.897. The second-order valence-electron chi connectivity index (χ2n) is 7.02. The summed E-state index contributed by atoms with van der Waals surface area (Å²) in [6.07, 6.45) is 0. The molecule has 1 amide bonds. The fraction of sp³-hybridized carbons (Fsp3) is 0.217. The molecule has 0 aliphatic heterocycles. The van der Waals surface area contributed by atoms with Crippen molar-refractivity contribution in [2.45, 2.75) is 13.8 Å². The normalized spacial score (nSPS) is 10.5. The van der Waals surface area contributed by atoms with Crippen LogP contribution in [0, 0.1) is 13.8 Å². The lowest BCUT2D eigenvalue weighted by atomic mass is 10.2. The van der Waals surface area contributed by atoms with Gasteiger partial charge in [0, 0.05) is 42.5 Å². The molecule has 0 bridgehead atoms. The van der Waals surface area contributed by atoms with Crippen molar-refractivity contribution in [2.24, 2.45) is 0 Å². The molecule has 6 nitrogen and oxygen atoms in total. The molecule has 0 saturated heterocycles. The quantitative estimate of drug-likeness (QED) is 0.646. The van der Waals surface area contributed by atoms with Gasteiger partial charge < -0.3 is 19.5 Å². The number of hydrogen-bond acceptors (Lipinski definition) is 4. The Labute approximate surface area is 170 Å². The van der Waals surface area contributed by atoms with Gasteiger partial charge in [0.2, 0.25) is 0 Å². The topological polar surface area (TPSA) is 63.6 Å². The van der Waals surface area contributed by atoms with E-state index >= 15 is 0 Å². The van der Waals surface area contributed by atoms with Crippen LogP contribution < -0.4 is 10.2 Å². The number of nitrogens with zero attached hydrogens (tertiary/aromatic N) is 2. The van der Waals surface area contributed by atoms with Crippen molar-refractivity contribution in [3.63, 3.8) is 0 Å². The predicted molar refractivity (Wildman–Crippen MR) is 115 cm³/mol. The second kappa shape index (κ2) is 8.65. The average molecular weight is 391 g/mol. The largest absolute Gasteiger partial charge is 0.452 e. The van der Waals surface area contributed by atoms with E-state index in [1.807, 2.05) is 92.0 Å². The smallest absolute Gasteiger partial charge is 0.340 e. The maximum absolute atomic E-state index is 12.5. The molecule has 1 N–H and O–H groups in total. The third-order valence-electron chi connectivity index (χ3n) is 4.67. The van der Waals surface area contributed by atoms with E-state index in [2.05, 4.69) is 5.32 Å². The number of benzene rings is 2. The predicted octanol–water partition coefficient (Wildman–Crippen LogP) is 3.96. The van der Waals surface area contributed by atoms with Gasteiger partial charge in [0.1, 0.15) is 0 Å². The van der Waals surface area contributed by atoms with E-state index in [-0.39, 0.29) is 12.5 Å². The van der Waals surface area contributed by atoms with Crippen LogP contribution in [0.5, 0.6) is 0 Å². The zero-order chi connectivity index (χ0) is 21.0. The third-order valence-corrected chi connectivity index (χ3v) is 4.67. The standard InChI is InChI=1S/C23H25N3O3/c1-16-14-21(17(2)26(16)20-8-6-5-7-9-20)23(28)29-15-22(27)24-18-10-12-19(13-11-18)25(3)4/h5-14H,15H2,1-4H3,(H,24,27). The first kappa shape index (κ1) is 20.2. The van der Waals surface area contributed by atoms with E-state index in [0.29, 0.717) is 11.3 Å².